The van der Waals surface area contributed by atoms with Crippen LogP contribution < -0.4 is 4.74 Å². The SMILES string of the molecule is COc1ccc([N+](=O)[O-])cc1COCC1CC(c2ccc(CN3CCCC3)cc2)C1. The second kappa shape index (κ2) is 9.58. The van der Waals surface area contributed by atoms with Crippen LogP contribution in [0.5, 0.6) is 5.75 Å². The van der Waals surface area contributed by atoms with Crippen molar-refractivity contribution in [2.45, 2.75) is 44.8 Å². The minimum Gasteiger partial charge on any atom is -0.496 e. The summed E-state index contributed by atoms with van der Waals surface area (Å²) in [7, 11) is 1.57. The van der Waals surface area contributed by atoms with Crippen LogP contribution in [-0.4, -0.2) is 36.6 Å². The lowest BCUT2D eigenvalue weighted by molar-refractivity contribution is -0.385. The summed E-state index contributed by atoms with van der Waals surface area (Å²) in [6, 6.07) is 13.8. The number of likely N-dealkylation sites (tertiary alicyclic amines) is 1. The van der Waals surface area contributed by atoms with Crippen LogP contribution in [0.25, 0.3) is 0 Å². The van der Waals surface area contributed by atoms with Gasteiger partial charge in [0.25, 0.3) is 5.69 Å². The number of nitro benzene ring substituents is 1. The highest BCUT2D eigenvalue weighted by Gasteiger charge is 2.30. The van der Waals surface area contributed by atoms with E-state index in [0.29, 0.717) is 30.8 Å². The predicted octanol–water partition coefficient (Wildman–Crippen LogP) is 4.91. The van der Waals surface area contributed by atoms with Crippen LogP contribution in [-0.2, 0) is 17.9 Å². The van der Waals surface area contributed by atoms with E-state index >= 15 is 0 Å². The standard InChI is InChI=1S/C24H30N2O4/c1-29-24-9-8-23(26(27)28)14-22(24)17-30-16-19-12-21(13-19)20-6-4-18(5-7-20)15-25-10-2-3-11-25/h4-9,14,19,21H,2-3,10-13,15-17H2,1H3. The second-order valence-corrected chi connectivity index (χ2v) is 8.53. The van der Waals surface area contributed by atoms with E-state index in [1.165, 1.54) is 49.2 Å². The molecule has 1 aliphatic carbocycles. The summed E-state index contributed by atoms with van der Waals surface area (Å²) in [5, 5.41) is 11.0. The summed E-state index contributed by atoms with van der Waals surface area (Å²) in [4.78, 5) is 13.1. The number of hydrogen-bond acceptors (Lipinski definition) is 5. The fraction of sp³-hybridized carbons (Fsp3) is 0.500. The summed E-state index contributed by atoms with van der Waals surface area (Å²) in [5.41, 5.74) is 3.62. The van der Waals surface area contributed by atoms with Crippen molar-refractivity contribution in [2.75, 3.05) is 26.8 Å². The molecule has 2 aliphatic rings. The van der Waals surface area contributed by atoms with Gasteiger partial charge in [-0.15, -0.1) is 0 Å². The molecular formula is C24H30N2O4. The van der Waals surface area contributed by atoms with Gasteiger partial charge in [0.2, 0.25) is 0 Å². The number of benzene rings is 2. The maximum Gasteiger partial charge on any atom is 0.270 e. The molecule has 0 bridgehead atoms. The predicted molar refractivity (Wildman–Crippen MR) is 116 cm³/mol. The van der Waals surface area contributed by atoms with Crippen LogP contribution in [0.3, 0.4) is 0 Å². The molecule has 0 unspecified atom stereocenters. The Morgan fingerprint density at radius 1 is 1.10 bits per heavy atom. The smallest absolute Gasteiger partial charge is 0.270 e. The maximum absolute atomic E-state index is 11.0. The lowest BCUT2D eigenvalue weighted by Crippen LogP contribution is -2.26. The van der Waals surface area contributed by atoms with Crippen molar-refractivity contribution < 1.29 is 14.4 Å². The molecule has 2 fully saturated rings. The highest BCUT2D eigenvalue weighted by molar-refractivity contribution is 5.43. The van der Waals surface area contributed by atoms with Crippen LogP contribution >= 0.6 is 0 Å². The first kappa shape index (κ1) is 20.8. The average Bonchev–Trinajstić information content (AvgIpc) is 3.23. The third-order valence-electron chi connectivity index (χ3n) is 6.38. The normalized spacial score (nSPS) is 21.4. The van der Waals surface area contributed by atoms with Crippen LogP contribution in [0.2, 0.25) is 0 Å². The highest BCUT2D eigenvalue weighted by Crippen LogP contribution is 2.42. The molecule has 2 aromatic rings. The summed E-state index contributed by atoms with van der Waals surface area (Å²) in [6.07, 6.45) is 4.93. The molecule has 160 valence electrons. The Morgan fingerprint density at radius 2 is 1.83 bits per heavy atom. The van der Waals surface area contributed by atoms with Crippen molar-refractivity contribution in [3.63, 3.8) is 0 Å². The zero-order chi connectivity index (χ0) is 20.9. The quantitative estimate of drug-likeness (QED) is 0.434. The van der Waals surface area contributed by atoms with E-state index in [-0.39, 0.29) is 5.69 Å². The molecule has 1 heterocycles. The van der Waals surface area contributed by atoms with Gasteiger partial charge in [-0.1, -0.05) is 24.3 Å². The Balaban J connectivity index is 1.22. The second-order valence-electron chi connectivity index (χ2n) is 8.53. The molecule has 1 saturated carbocycles. The number of rotatable bonds is 9. The van der Waals surface area contributed by atoms with Crippen molar-refractivity contribution in [1.29, 1.82) is 0 Å². The Labute approximate surface area is 177 Å². The molecule has 0 aromatic heterocycles. The molecule has 0 N–H and O–H groups in total. The van der Waals surface area contributed by atoms with Gasteiger partial charge in [-0.25, -0.2) is 0 Å². The lowest BCUT2D eigenvalue weighted by atomic mass is 9.72. The zero-order valence-corrected chi connectivity index (χ0v) is 17.6. The number of hydrogen-bond donors (Lipinski definition) is 0. The summed E-state index contributed by atoms with van der Waals surface area (Å²) in [6.45, 7) is 4.54. The number of nitrogens with zero attached hydrogens (tertiary/aromatic N) is 2. The molecule has 4 rings (SSSR count). The first-order chi connectivity index (χ1) is 14.6. The van der Waals surface area contributed by atoms with Gasteiger partial charge in [-0.3, -0.25) is 15.0 Å². The van der Waals surface area contributed by atoms with Crippen LogP contribution in [0.15, 0.2) is 42.5 Å². The van der Waals surface area contributed by atoms with E-state index in [2.05, 4.69) is 29.2 Å². The molecule has 6 nitrogen and oxygen atoms in total. The van der Waals surface area contributed by atoms with E-state index in [1.807, 2.05) is 0 Å². The van der Waals surface area contributed by atoms with Gasteiger partial charge in [0.15, 0.2) is 0 Å². The Kier molecular flexibility index (Phi) is 6.65. The highest BCUT2D eigenvalue weighted by atomic mass is 16.6. The molecule has 6 heteroatoms. The minimum atomic E-state index is -0.393. The van der Waals surface area contributed by atoms with Gasteiger partial charge >= 0.3 is 0 Å². The van der Waals surface area contributed by atoms with Gasteiger partial charge in [-0.05, 0) is 67.8 Å². The van der Waals surface area contributed by atoms with Gasteiger partial charge in [0, 0.05) is 30.8 Å². The number of ether oxygens (including phenoxy) is 2. The van der Waals surface area contributed by atoms with Gasteiger partial charge in [0.05, 0.1) is 18.6 Å². The largest absolute Gasteiger partial charge is 0.496 e. The molecular weight excluding hydrogens is 380 g/mol. The van der Waals surface area contributed by atoms with Crippen LogP contribution in [0.4, 0.5) is 5.69 Å². The van der Waals surface area contributed by atoms with Crippen molar-refractivity contribution in [2.24, 2.45) is 5.92 Å². The maximum atomic E-state index is 11.0. The zero-order valence-electron chi connectivity index (χ0n) is 17.6. The molecule has 0 spiro atoms. The number of non-ortho nitro benzene ring substituents is 1. The Hall–Kier alpha value is -2.44. The average molecular weight is 411 g/mol. The fourth-order valence-corrected chi connectivity index (χ4v) is 4.57. The molecule has 30 heavy (non-hydrogen) atoms. The van der Waals surface area contributed by atoms with E-state index in [9.17, 15) is 10.1 Å². The van der Waals surface area contributed by atoms with Gasteiger partial charge in [0.1, 0.15) is 5.75 Å². The van der Waals surface area contributed by atoms with Crippen molar-refractivity contribution in [3.8, 4) is 5.75 Å². The van der Waals surface area contributed by atoms with Crippen molar-refractivity contribution in [1.82, 2.24) is 4.90 Å². The first-order valence-corrected chi connectivity index (χ1v) is 10.8. The van der Waals surface area contributed by atoms with E-state index in [1.54, 1.807) is 13.2 Å². The van der Waals surface area contributed by atoms with Crippen LogP contribution in [0, 0.1) is 16.0 Å². The van der Waals surface area contributed by atoms with E-state index < -0.39 is 4.92 Å². The topological polar surface area (TPSA) is 64.8 Å². The number of nitro groups is 1. The van der Waals surface area contributed by atoms with E-state index in [0.717, 1.165) is 24.9 Å². The molecule has 2 aromatic carbocycles. The molecule has 0 amide bonds. The molecule has 1 aliphatic heterocycles. The van der Waals surface area contributed by atoms with Crippen molar-refractivity contribution in [3.05, 3.63) is 69.3 Å². The van der Waals surface area contributed by atoms with Crippen LogP contribution in [0.1, 0.15) is 48.3 Å². The summed E-state index contributed by atoms with van der Waals surface area (Å²) >= 11 is 0. The van der Waals surface area contributed by atoms with E-state index in [4.69, 9.17) is 9.47 Å². The third-order valence-corrected chi connectivity index (χ3v) is 6.38. The molecule has 1 saturated heterocycles. The Morgan fingerprint density at radius 3 is 2.50 bits per heavy atom. The summed E-state index contributed by atoms with van der Waals surface area (Å²) < 4.78 is 11.2. The minimum absolute atomic E-state index is 0.0614. The van der Waals surface area contributed by atoms with Gasteiger partial charge in [-0.2, -0.15) is 0 Å². The Bertz CT molecular complexity index is 856. The molecule has 0 radical (unpaired) electrons. The summed E-state index contributed by atoms with van der Waals surface area (Å²) in [5.74, 6) is 1.79. The third kappa shape index (κ3) is 4.99. The first-order valence-electron chi connectivity index (χ1n) is 10.8. The monoisotopic (exact) mass is 410 g/mol. The van der Waals surface area contributed by atoms with Crippen molar-refractivity contribution >= 4 is 5.69 Å². The number of methoxy groups -OCH3 is 1. The van der Waals surface area contributed by atoms with Gasteiger partial charge < -0.3 is 9.47 Å². The fourth-order valence-electron chi connectivity index (χ4n) is 4.57. The molecule has 0 atom stereocenters. The lowest BCUT2D eigenvalue weighted by Gasteiger charge is -2.35.